The number of aliphatic hydroxyl groups is 3. The van der Waals surface area contributed by atoms with Gasteiger partial charge in [0.1, 0.15) is 22.8 Å². The van der Waals surface area contributed by atoms with Gasteiger partial charge in [0.05, 0.1) is 11.1 Å². The van der Waals surface area contributed by atoms with E-state index in [1.165, 1.54) is 12.1 Å². The predicted molar refractivity (Wildman–Crippen MR) is 132 cm³/mol. The normalized spacial score (nSPS) is 24.6. The molecule has 0 spiro atoms. The minimum Gasteiger partial charge on any atom is -0.508 e. The highest BCUT2D eigenvalue weighted by Gasteiger charge is 2.60. The SMILES string of the molecule is NCc1cc(-c2cccc(C(=O)O)c2)c2c(c1O)C(O)=C1C(=O)C3(O)C(O)=C(C(N)=O)C(=O)CC3CC1C2. The fourth-order valence-corrected chi connectivity index (χ4v) is 5.98. The van der Waals surface area contributed by atoms with Gasteiger partial charge in [0.15, 0.2) is 11.4 Å². The zero-order valence-corrected chi connectivity index (χ0v) is 19.9. The van der Waals surface area contributed by atoms with Crippen molar-refractivity contribution in [2.24, 2.45) is 23.3 Å². The second-order valence-electron chi connectivity index (χ2n) is 9.78. The summed E-state index contributed by atoms with van der Waals surface area (Å²) in [6.45, 7) is -0.148. The molecule has 3 aliphatic rings. The van der Waals surface area contributed by atoms with Crippen molar-refractivity contribution in [1.82, 2.24) is 0 Å². The molecule has 1 fully saturated rings. The monoisotopic (exact) mass is 520 g/mol. The number of phenols is 1. The molecule has 9 N–H and O–H groups in total. The highest BCUT2D eigenvalue weighted by Crippen LogP contribution is 2.53. The molecule has 0 radical (unpaired) electrons. The van der Waals surface area contributed by atoms with Crippen LogP contribution in [0.25, 0.3) is 16.9 Å². The molecule has 11 nitrogen and oxygen atoms in total. The van der Waals surface area contributed by atoms with Gasteiger partial charge >= 0.3 is 5.97 Å². The number of phenolic OH excluding ortho intramolecular Hbond substituents is 1. The highest BCUT2D eigenvalue weighted by atomic mass is 16.4. The number of fused-ring (bicyclic) bond motifs is 3. The molecule has 1 amide bonds. The Morgan fingerprint density at radius 3 is 2.42 bits per heavy atom. The van der Waals surface area contributed by atoms with Crippen LogP contribution >= 0.6 is 0 Å². The number of carbonyl (C=O) groups is 4. The Bertz CT molecular complexity index is 1540. The predicted octanol–water partition coefficient (Wildman–Crippen LogP) is 1.25. The standard InChI is InChI=1S/C27H24N2O9/c28-9-13-7-15(10-2-1-3-11(4-10)26(36)37)16-6-12-5-14-8-17(30)20(25(29)35)24(34)27(14,38)23(33)18(12)22(32)19(16)21(13)31/h1-4,7,12,14,31-32,34,38H,5-6,8-9,28H2,(H2,29,35)(H,36,37). The van der Waals surface area contributed by atoms with Crippen LogP contribution in [0, 0.1) is 11.8 Å². The highest BCUT2D eigenvalue weighted by molar-refractivity contribution is 6.22. The van der Waals surface area contributed by atoms with Crippen molar-refractivity contribution in [2.45, 2.75) is 31.4 Å². The van der Waals surface area contributed by atoms with E-state index in [9.17, 15) is 44.7 Å². The molecule has 0 saturated heterocycles. The molecule has 0 bridgehead atoms. The van der Waals surface area contributed by atoms with Gasteiger partial charge in [-0.3, -0.25) is 14.4 Å². The summed E-state index contributed by atoms with van der Waals surface area (Å²) in [5.41, 5.74) is 8.76. The Labute approximate surface area is 215 Å². The first-order chi connectivity index (χ1) is 17.9. The maximum Gasteiger partial charge on any atom is 0.335 e. The van der Waals surface area contributed by atoms with Gasteiger partial charge in [-0.05, 0) is 53.6 Å². The number of nitrogens with two attached hydrogens (primary N) is 2. The maximum absolute atomic E-state index is 13.7. The fourth-order valence-electron chi connectivity index (χ4n) is 5.98. The lowest BCUT2D eigenvalue weighted by Gasteiger charge is -2.46. The molecule has 0 heterocycles. The van der Waals surface area contributed by atoms with Gasteiger partial charge in [-0.1, -0.05) is 12.1 Å². The van der Waals surface area contributed by atoms with Gasteiger partial charge in [-0.15, -0.1) is 0 Å². The number of benzene rings is 2. The third-order valence-corrected chi connectivity index (χ3v) is 7.78. The van der Waals surface area contributed by atoms with E-state index in [0.29, 0.717) is 16.7 Å². The Morgan fingerprint density at radius 2 is 1.79 bits per heavy atom. The van der Waals surface area contributed by atoms with Crippen molar-refractivity contribution in [3.8, 4) is 16.9 Å². The third-order valence-electron chi connectivity index (χ3n) is 7.78. The number of aromatic carboxylic acids is 1. The summed E-state index contributed by atoms with van der Waals surface area (Å²) >= 11 is 0. The number of carboxylic acid groups (broad SMARTS) is 1. The first kappa shape index (κ1) is 25.2. The van der Waals surface area contributed by atoms with Crippen LogP contribution in [0.4, 0.5) is 0 Å². The molecule has 3 atom stereocenters. The Hall–Kier alpha value is -4.48. The number of amides is 1. The van der Waals surface area contributed by atoms with Crippen LogP contribution in [0.3, 0.4) is 0 Å². The van der Waals surface area contributed by atoms with Crippen molar-refractivity contribution in [2.75, 3.05) is 0 Å². The van der Waals surface area contributed by atoms with Gasteiger partial charge in [-0.2, -0.15) is 0 Å². The van der Waals surface area contributed by atoms with Gasteiger partial charge in [-0.25, -0.2) is 4.79 Å². The molecule has 2 aromatic rings. The van der Waals surface area contributed by atoms with E-state index in [0.717, 1.165) is 0 Å². The van der Waals surface area contributed by atoms with Crippen LogP contribution in [0.1, 0.15) is 39.9 Å². The molecule has 3 aliphatic carbocycles. The molecular weight excluding hydrogens is 496 g/mol. The number of ketones is 2. The van der Waals surface area contributed by atoms with Crippen LogP contribution in [-0.2, 0) is 27.3 Å². The Morgan fingerprint density at radius 1 is 1.08 bits per heavy atom. The molecule has 38 heavy (non-hydrogen) atoms. The Kier molecular flexibility index (Phi) is 5.66. The van der Waals surface area contributed by atoms with Gasteiger partial charge in [0.25, 0.3) is 5.91 Å². The van der Waals surface area contributed by atoms with Crippen molar-refractivity contribution in [1.29, 1.82) is 0 Å². The van der Waals surface area contributed by atoms with Crippen LogP contribution < -0.4 is 11.5 Å². The average Bonchev–Trinajstić information content (AvgIpc) is 2.86. The molecular formula is C27H24N2O9. The second kappa shape index (κ2) is 8.54. The minimum atomic E-state index is -2.66. The lowest BCUT2D eigenvalue weighted by Crippen LogP contribution is -2.58. The zero-order chi connectivity index (χ0) is 27.7. The second-order valence-corrected chi connectivity index (χ2v) is 9.78. The number of Topliss-reactive ketones (excluding diaryl/α,β-unsaturated/α-hetero) is 2. The fraction of sp³-hybridized carbons (Fsp3) is 0.259. The van der Waals surface area contributed by atoms with Gasteiger partial charge in [0, 0.05) is 30.0 Å². The van der Waals surface area contributed by atoms with E-state index >= 15 is 0 Å². The molecule has 5 rings (SSSR count). The summed E-state index contributed by atoms with van der Waals surface area (Å²) in [5.74, 6) is -8.33. The lowest BCUT2D eigenvalue weighted by atomic mass is 9.59. The Balaban J connectivity index is 1.75. The van der Waals surface area contributed by atoms with E-state index < -0.39 is 64.4 Å². The average molecular weight is 520 g/mol. The number of aliphatic hydroxyl groups excluding tert-OH is 2. The van der Waals surface area contributed by atoms with Crippen molar-refractivity contribution in [3.63, 3.8) is 0 Å². The van der Waals surface area contributed by atoms with Gasteiger partial charge in [0.2, 0.25) is 5.78 Å². The van der Waals surface area contributed by atoms with Crippen LogP contribution in [0.15, 0.2) is 47.2 Å². The topological polar surface area (TPSA) is 221 Å². The van der Waals surface area contributed by atoms with Crippen LogP contribution in [-0.4, -0.2) is 54.6 Å². The first-order valence-electron chi connectivity index (χ1n) is 11.8. The third kappa shape index (κ3) is 3.36. The van der Waals surface area contributed by atoms with Crippen molar-refractivity contribution < 1.29 is 44.7 Å². The van der Waals surface area contributed by atoms with E-state index in [4.69, 9.17) is 11.5 Å². The molecule has 2 aromatic carbocycles. The van der Waals surface area contributed by atoms with E-state index in [2.05, 4.69) is 0 Å². The maximum atomic E-state index is 13.7. The quantitative estimate of drug-likeness (QED) is 0.286. The molecule has 0 aromatic heterocycles. The number of hydrogen-bond donors (Lipinski definition) is 7. The number of carbonyl (C=O) groups excluding carboxylic acids is 3. The molecule has 196 valence electrons. The number of hydrogen-bond acceptors (Lipinski definition) is 9. The first-order valence-corrected chi connectivity index (χ1v) is 11.8. The summed E-state index contributed by atoms with van der Waals surface area (Å²) in [7, 11) is 0. The van der Waals surface area contributed by atoms with Crippen molar-refractivity contribution >= 4 is 29.2 Å². The minimum absolute atomic E-state index is 0.0148. The summed E-state index contributed by atoms with van der Waals surface area (Å²) in [4.78, 5) is 49.5. The molecule has 11 heteroatoms. The summed E-state index contributed by atoms with van der Waals surface area (Å²) < 4.78 is 0. The lowest BCUT2D eigenvalue weighted by molar-refractivity contribution is -0.147. The van der Waals surface area contributed by atoms with E-state index in [-0.39, 0.29) is 47.4 Å². The summed E-state index contributed by atoms with van der Waals surface area (Å²) in [5, 5.41) is 53.8. The molecule has 0 aliphatic heterocycles. The van der Waals surface area contributed by atoms with Crippen molar-refractivity contribution in [3.05, 3.63) is 69.5 Å². The van der Waals surface area contributed by atoms with E-state index in [1.807, 2.05) is 0 Å². The van der Waals surface area contributed by atoms with Crippen LogP contribution in [0.2, 0.25) is 0 Å². The number of rotatable bonds is 4. The zero-order valence-electron chi connectivity index (χ0n) is 19.9. The number of aromatic hydroxyl groups is 1. The van der Waals surface area contributed by atoms with E-state index in [1.54, 1.807) is 18.2 Å². The summed E-state index contributed by atoms with van der Waals surface area (Å²) in [6.07, 6.45) is -0.358. The largest absolute Gasteiger partial charge is 0.508 e. The summed E-state index contributed by atoms with van der Waals surface area (Å²) in [6, 6.07) is 7.65. The molecule has 3 unspecified atom stereocenters. The molecule has 1 saturated carbocycles. The number of carboxylic acids is 1. The van der Waals surface area contributed by atoms with Crippen LogP contribution in [0.5, 0.6) is 5.75 Å². The smallest absolute Gasteiger partial charge is 0.335 e. The number of primary amides is 1. The van der Waals surface area contributed by atoms with Gasteiger partial charge < -0.3 is 37.0 Å².